The molecule has 1 fully saturated rings. The molecule has 0 radical (unpaired) electrons. The standard InChI is InChI=1S/C23H22N4O5S2/c1-13-19-14(2)24-21(18-6-5-11-32-18)26-23(19)33-20(13)22(29)25-16-12-15(7-8-17(16)28)34(30,31)27-9-3-4-10-27/h5-8,11-12,28H,3-4,9-10H2,1-2H3,(H,25,29). The van der Waals surface area contributed by atoms with Crippen LogP contribution in [0.5, 0.6) is 5.75 Å². The summed E-state index contributed by atoms with van der Waals surface area (Å²) >= 11 is 1.20. The number of aromatic hydroxyl groups is 1. The number of aromatic nitrogens is 2. The molecule has 0 atom stereocenters. The van der Waals surface area contributed by atoms with Crippen molar-refractivity contribution in [1.29, 1.82) is 0 Å². The van der Waals surface area contributed by atoms with Crippen molar-refractivity contribution in [3.05, 3.63) is 52.7 Å². The fourth-order valence-electron chi connectivity index (χ4n) is 4.10. The third-order valence-corrected chi connectivity index (χ3v) is 8.92. The fraction of sp³-hybridized carbons (Fsp3) is 0.261. The molecule has 0 unspecified atom stereocenters. The highest BCUT2D eigenvalue weighted by Crippen LogP contribution is 2.35. The Hall–Kier alpha value is -3.28. The van der Waals surface area contributed by atoms with Gasteiger partial charge < -0.3 is 14.8 Å². The number of phenols is 1. The summed E-state index contributed by atoms with van der Waals surface area (Å²) in [4.78, 5) is 23.3. The maximum absolute atomic E-state index is 13.2. The third kappa shape index (κ3) is 3.85. The van der Waals surface area contributed by atoms with Crippen molar-refractivity contribution in [2.45, 2.75) is 31.6 Å². The van der Waals surface area contributed by atoms with Crippen molar-refractivity contribution < 1.29 is 22.7 Å². The van der Waals surface area contributed by atoms with Gasteiger partial charge in [0, 0.05) is 18.5 Å². The number of nitrogens with one attached hydrogen (secondary N) is 1. The van der Waals surface area contributed by atoms with Crippen LogP contribution in [-0.4, -0.2) is 46.8 Å². The maximum Gasteiger partial charge on any atom is 0.266 e. The molecule has 5 rings (SSSR count). The van der Waals surface area contributed by atoms with Gasteiger partial charge in [0.2, 0.25) is 10.0 Å². The molecular weight excluding hydrogens is 476 g/mol. The van der Waals surface area contributed by atoms with E-state index in [0.29, 0.717) is 45.6 Å². The van der Waals surface area contributed by atoms with Crippen LogP contribution >= 0.6 is 11.3 Å². The zero-order valence-corrected chi connectivity index (χ0v) is 20.2. The van der Waals surface area contributed by atoms with Crippen LogP contribution in [0.1, 0.15) is 33.8 Å². The summed E-state index contributed by atoms with van der Waals surface area (Å²) in [6.07, 6.45) is 3.17. The molecule has 0 aliphatic carbocycles. The lowest BCUT2D eigenvalue weighted by molar-refractivity contribution is 0.102. The molecule has 1 aliphatic heterocycles. The second-order valence-electron chi connectivity index (χ2n) is 8.09. The Kier molecular flexibility index (Phi) is 5.62. The predicted octanol–water partition coefficient (Wildman–Crippen LogP) is 4.31. The molecule has 0 spiro atoms. The van der Waals surface area contributed by atoms with Crippen molar-refractivity contribution in [1.82, 2.24) is 14.3 Å². The van der Waals surface area contributed by atoms with Gasteiger partial charge in [0.05, 0.1) is 27.4 Å². The summed E-state index contributed by atoms with van der Waals surface area (Å²) in [5.41, 5.74) is 1.45. The number of aryl methyl sites for hydroxylation is 2. The van der Waals surface area contributed by atoms with E-state index in [-0.39, 0.29) is 16.3 Å². The molecule has 1 aliphatic rings. The molecule has 0 saturated carbocycles. The fourth-order valence-corrected chi connectivity index (χ4v) is 6.77. The summed E-state index contributed by atoms with van der Waals surface area (Å²) < 4.78 is 32.6. The van der Waals surface area contributed by atoms with Crippen LogP contribution in [0, 0.1) is 13.8 Å². The monoisotopic (exact) mass is 498 g/mol. The summed E-state index contributed by atoms with van der Waals surface area (Å²) in [7, 11) is -3.69. The van der Waals surface area contributed by atoms with Crippen molar-refractivity contribution in [3.63, 3.8) is 0 Å². The highest BCUT2D eigenvalue weighted by molar-refractivity contribution is 7.89. The van der Waals surface area contributed by atoms with Crippen LogP contribution in [0.3, 0.4) is 0 Å². The number of thiophene rings is 1. The number of hydrogen-bond donors (Lipinski definition) is 2. The van der Waals surface area contributed by atoms with Gasteiger partial charge in [-0.15, -0.1) is 11.3 Å². The number of amides is 1. The summed E-state index contributed by atoms with van der Waals surface area (Å²) in [5.74, 6) is 0.276. The topological polar surface area (TPSA) is 126 Å². The van der Waals surface area contributed by atoms with Crippen molar-refractivity contribution in [2.24, 2.45) is 0 Å². The number of phenolic OH excluding ortho intramolecular Hbond substituents is 1. The van der Waals surface area contributed by atoms with E-state index in [9.17, 15) is 18.3 Å². The third-order valence-electron chi connectivity index (χ3n) is 5.84. The Morgan fingerprint density at radius 1 is 1.18 bits per heavy atom. The van der Waals surface area contributed by atoms with Crippen molar-refractivity contribution >= 4 is 43.2 Å². The van der Waals surface area contributed by atoms with E-state index in [2.05, 4.69) is 15.3 Å². The Labute approximate surface area is 200 Å². The Morgan fingerprint density at radius 2 is 1.94 bits per heavy atom. The van der Waals surface area contributed by atoms with Gasteiger partial charge >= 0.3 is 0 Å². The minimum absolute atomic E-state index is 0.0281. The number of carbonyl (C=O) groups excluding carboxylic acids is 1. The van der Waals surface area contributed by atoms with Gasteiger partial charge in [-0.2, -0.15) is 4.31 Å². The molecule has 4 heterocycles. The van der Waals surface area contributed by atoms with E-state index < -0.39 is 15.9 Å². The number of sulfonamides is 1. The highest BCUT2D eigenvalue weighted by Gasteiger charge is 2.28. The number of carbonyl (C=O) groups is 1. The summed E-state index contributed by atoms with van der Waals surface area (Å²) in [5, 5.41) is 13.7. The molecule has 1 saturated heterocycles. The lowest BCUT2D eigenvalue weighted by Crippen LogP contribution is -2.28. The maximum atomic E-state index is 13.2. The van der Waals surface area contributed by atoms with Gasteiger partial charge in [0.1, 0.15) is 10.6 Å². The molecule has 4 aromatic rings. The van der Waals surface area contributed by atoms with E-state index in [0.717, 1.165) is 18.2 Å². The first-order valence-corrected chi connectivity index (χ1v) is 13.0. The van der Waals surface area contributed by atoms with Crippen LogP contribution in [-0.2, 0) is 10.0 Å². The van der Waals surface area contributed by atoms with Crippen LogP contribution in [0.15, 0.2) is 45.9 Å². The first-order valence-electron chi connectivity index (χ1n) is 10.7. The zero-order valence-electron chi connectivity index (χ0n) is 18.5. The molecule has 2 N–H and O–H groups in total. The number of anilines is 1. The highest BCUT2D eigenvalue weighted by atomic mass is 32.2. The number of nitrogens with zero attached hydrogens (tertiary/aromatic N) is 3. The molecular formula is C23H22N4O5S2. The lowest BCUT2D eigenvalue weighted by atomic mass is 10.1. The van der Waals surface area contributed by atoms with Gasteiger partial charge in [-0.1, -0.05) is 0 Å². The molecule has 3 aromatic heterocycles. The zero-order chi connectivity index (χ0) is 24.0. The Balaban J connectivity index is 1.48. The minimum atomic E-state index is -3.69. The van der Waals surface area contributed by atoms with Gasteiger partial charge in [0.25, 0.3) is 5.91 Å². The molecule has 1 amide bonds. The first kappa shape index (κ1) is 22.5. The second kappa shape index (κ2) is 8.49. The van der Waals surface area contributed by atoms with E-state index in [1.165, 1.54) is 33.8 Å². The molecule has 1 aromatic carbocycles. The largest absolute Gasteiger partial charge is 0.506 e. The number of rotatable bonds is 5. The van der Waals surface area contributed by atoms with E-state index in [1.54, 1.807) is 18.4 Å². The molecule has 0 bridgehead atoms. The molecule has 34 heavy (non-hydrogen) atoms. The molecule has 9 nitrogen and oxygen atoms in total. The predicted molar refractivity (Wildman–Crippen MR) is 129 cm³/mol. The number of furan rings is 1. The van der Waals surface area contributed by atoms with Crippen molar-refractivity contribution in [2.75, 3.05) is 18.4 Å². The number of hydrogen-bond acceptors (Lipinski definition) is 8. The summed E-state index contributed by atoms with van der Waals surface area (Å²) in [6, 6.07) is 7.44. The number of benzene rings is 1. The SMILES string of the molecule is Cc1nc(-c2ccco2)nc2sc(C(=O)Nc3cc(S(=O)(=O)N4CCCC4)ccc3O)c(C)c12. The van der Waals surface area contributed by atoms with E-state index in [1.807, 2.05) is 13.8 Å². The van der Waals surface area contributed by atoms with Gasteiger partial charge in [-0.3, -0.25) is 4.79 Å². The van der Waals surface area contributed by atoms with Crippen LogP contribution in [0.4, 0.5) is 5.69 Å². The van der Waals surface area contributed by atoms with E-state index in [4.69, 9.17) is 4.42 Å². The van der Waals surface area contributed by atoms with Crippen molar-refractivity contribution in [3.8, 4) is 17.3 Å². The van der Waals surface area contributed by atoms with E-state index >= 15 is 0 Å². The van der Waals surface area contributed by atoms with Gasteiger partial charge in [-0.25, -0.2) is 18.4 Å². The summed E-state index contributed by atoms with van der Waals surface area (Å²) in [6.45, 7) is 4.58. The second-order valence-corrected chi connectivity index (χ2v) is 11.0. The van der Waals surface area contributed by atoms with Crippen LogP contribution < -0.4 is 5.32 Å². The van der Waals surface area contributed by atoms with Crippen LogP contribution in [0.25, 0.3) is 21.8 Å². The average Bonchev–Trinajstić information content (AvgIpc) is 3.57. The van der Waals surface area contributed by atoms with Crippen LogP contribution in [0.2, 0.25) is 0 Å². The average molecular weight is 499 g/mol. The molecule has 176 valence electrons. The number of fused-ring (bicyclic) bond motifs is 1. The lowest BCUT2D eigenvalue weighted by Gasteiger charge is -2.16. The quantitative estimate of drug-likeness (QED) is 0.393. The normalized spacial score (nSPS) is 14.6. The Morgan fingerprint density at radius 3 is 2.65 bits per heavy atom. The van der Waals surface area contributed by atoms with Gasteiger partial charge in [0.15, 0.2) is 11.6 Å². The minimum Gasteiger partial charge on any atom is -0.506 e. The smallest absolute Gasteiger partial charge is 0.266 e. The first-order chi connectivity index (χ1) is 16.3. The van der Waals surface area contributed by atoms with Gasteiger partial charge in [-0.05, 0) is 62.6 Å². The Bertz CT molecular complexity index is 1500. The molecule has 11 heteroatoms.